The molecule has 1 aromatic heterocycles. The predicted octanol–water partition coefficient (Wildman–Crippen LogP) is 0.895. The van der Waals surface area contributed by atoms with Gasteiger partial charge in [0.1, 0.15) is 0 Å². The van der Waals surface area contributed by atoms with Crippen LogP contribution in [0.1, 0.15) is 25.6 Å². The third-order valence-corrected chi connectivity index (χ3v) is 3.54. The summed E-state index contributed by atoms with van der Waals surface area (Å²) >= 11 is 0. The van der Waals surface area contributed by atoms with Crippen LogP contribution in [-0.2, 0) is 9.84 Å². The first-order valence-corrected chi connectivity index (χ1v) is 6.08. The maximum absolute atomic E-state index is 11.5. The molecule has 2 N–H and O–H groups in total. The largest absolute Gasteiger partial charge is 0.323 e. The molecule has 1 atom stereocenters. The fourth-order valence-electron chi connectivity index (χ4n) is 1.01. The van der Waals surface area contributed by atoms with Crippen LogP contribution in [0.3, 0.4) is 0 Å². The molecule has 0 aliphatic carbocycles. The molecule has 0 saturated carbocycles. The third kappa shape index (κ3) is 2.30. The zero-order valence-electron chi connectivity index (χ0n) is 8.27. The first-order valence-electron chi connectivity index (χ1n) is 4.42. The molecule has 0 spiro atoms. The van der Waals surface area contributed by atoms with Crippen molar-refractivity contribution in [3.05, 3.63) is 23.9 Å². The summed E-state index contributed by atoms with van der Waals surface area (Å²) in [5.74, 6) is 0.0579. The maximum Gasteiger partial charge on any atom is 0.195 e. The van der Waals surface area contributed by atoms with Crippen LogP contribution in [0.25, 0.3) is 0 Å². The Morgan fingerprint density at radius 2 is 2.14 bits per heavy atom. The van der Waals surface area contributed by atoms with Crippen molar-refractivity contribution in [2.24, 2.45) is 5.73 Å². The van der Waals surface area contributed by atoms with Crippen LogP contribution < -0.4 is 5.73 Å². The van der Waals surface area contributed by atoms with Crippen molar-refractivity contribution in [1.29, 1.82) is 0 Å². The molecule has 0 radical (unpaired) electrons. The summed E-state index contributed by atoms with van der Waals surface area (Å²) in [6.45, 7) is 3.36. The Labute approximate surface area is 84.1 Å². The summed E-state index contributed by atoms with van der Waals surface area (Å²) in [7, 11) is -3.22. The Morgan fingerprint density at radius 3 is 2.64 bits per heavy atom. The summed E-state index contributed by atoms with van der Waals surface area (Å²) in [4.78, 5) is 4.00. The molecule has 0 aromatic carbocycles. The summed E-state index contributed by atoms with van der Waals surface area (Å²) < 4.78 is 22.9. The first kappa shape index (κ1) is 11.1. The van der Waals surface area contributed by atoms with Gasteiger partial charge in [0.2, 0.25) is 0 Å². The van der Waals surface area contributed by atoms with Crippen molar-refractivity contribution in [3.63, 3.8) is 0 Å². The zero-order valence-corrected chi connectivity index (χ0v) is 9.08. The van der Waals surface area contributed by atoms with Gasteiger partial charge in [-0.25, -0.2) is 13.4 Å². The second-order valence-electron chi connectivity index (χ2n) is 3.09. The van der Waals surface area contributed by atoms with Gasteiger partial charge in [0.15, 0.2) is 14.9 Å². The molecule has 1 heterocycles. The van der Waals surface area contributed by atoms with E-state index in [1.807, 2.05) is 0 Å². The minimum Gasteiger partial charge on any atom is -0.323 e. The van der Waals surface area contributed by atoms with Crippen molar-refractivity contribution in [2.45, 2.75) is 24.9 Å². The molecule has 0 amide bonds. The van der Waals surface area contributed by atoms with Crippen molar-refractivity contribution < 1.29 is 8.42 Å². The Kier molecular flexibility index (Phi) is 3.23. The van der Waals surface area contributed by atoms with Crippen LogP contribution in [0.15, 0.2) is 23.2 Å². The number of rotatable bonds is 3. The quantitative estimate of drug-likeness (QED) is 0.811. The van der Waals surface area contributed by atoms with Crippen LogP contribution in [0.2, 0.25) is 0 Å². The number of nitrogens with zero attached hydrogens (tertiary/aromatic N) is 1. The molecule has 14 heavy (non-hydrogen) atoms. The molecular weight excluding hydrogens is 200 g/mol. The molecule has 5 heteroatoms. The van der Waals surface area contributed by atoms with Crippen LogP contribution in [0.5, 0.6) is 0 Å². The molecule has 4 nitrogen and oxygen atoms in total. The average Bonchev–Trinajstić information content (AvgIpc) is 2.18. The van der Waals surface area contributed by atoms with E-state index in [1.165, 1.54) is 6.07 Å². The lowest BCUT2D eigenvalue weighted by atomic mass is 10.2. The highest BCUT2D eigenvalue weighted by Crippen LogP contribution is 2.12. The van der Waals surface area contributed by atoms with Crippen molar-refractivity contribution in [1.82, 2.24) is 4.98 Å². The van der Waals surface area contributed by atoms with E-state index in [2.05, 4.69) is 4.98 Å². The predicted molar refractivity (Wildman–Crippen MR) is 54.6 cm³/mol. The van der Waals surface area contributed by atoms with Gasteiger partial charge >= 0.3 is 0 Å². The highest BCUT2D eigenvalue weighted by Gasteiger charge is 2.14. The van der Waals surface area contributed by atoms with E-state index in [0.29, 0.717) is 5.69 Å². The smallest absolute Gasteiger partial charge is 0.195 e. The van der Waals surface area contributed by atoms with Gasteiger partial charge in [-0.2, -0.15) is 0 Å². The summed E-state index contributed by atoms with van der Waals surface area (Å²) in [5.41, 5.74) is 6.21. The highest BCUT2D eigenvalue weighted by atomic mass is 32.2. The molecule has 78 valence electrons. The van der Waals surface area contributed by atoms with Crippen LogP contribution in [0.4, 0.5) is 0 Å². The van der Waals surface area contributed by atoms with Gasteiger partial charge < -0.3 is 5.73 Å². The molecule has 1 aromatic rings. The van der Waals surface area contributed by atoms with Crippen molar-refractivity contribution in [2.75, 3.05) is 5.75 Å². The second kappa shape index (κ2) is 4.06. The lowest BCUT2D eigenvalue weighted by molar-refractivity contribution is 0.592. The number of hydrogen-bond donors (Lipinski definition) is 1. The topological polar surface area (TPSA) is 73.0 Å². The van der Waals surface area contributed by atoms with E-state index in [0.717, 1.165) is 0 Å². The fourth-order valence-corrected chi connectivity index (χ4v) is 1.83. The van der Waals surface area contributed by atoms with Crippen LogP contribution >= 0.6 is 0 Å². The monoisotopic (exact) mass is 214 g/mol. The molecule has 0 aliphatic heterocycles. The zero-order chi connectivity index (χ0) is 10.8. The van der Waals surface area contributed by atoms with E-state index in [1.54, 1.807) is 26.0 Å². The Hall–Kier alpha value is -0.940. The molecule has 0 bridgehead atoms. The van der Waals surface area contributed by atoms with Crippen LogP contribution in [0, 0.1) is 0 Å². The van der Waals surface area contributed by atoms with E-state index >= 15 is 0 Å². The molecule has 0 unspecified atom stereocenters. The van der Waals surface area contributed by atoms with Gasteiger partial charge in [-0.05, 0) is 19.1 Å². The number of sulfone groups is 1. The Bertz CT molecular complexity index is 413. The lowest BCUT2D eigenvalue weighted by Gasteiger charge is -2.06. The summed E-state index contributed by atoms with van der Waals surface area (Å²) in [6.07, 6.45) is 0. The van der Waals surface area contributed by atoms with Crippen molar-refractivity contribution in [3.8, 4) is 0 Å². The number of hydrogen-bond acceptors (Lipinski definition) is 4. The molecule has 0 saturated heterocycles. The molecular formula is C9H14N2O2S. The van der Waals surface area contributed by atoms with Gasteiger partial charge in [0, 0.05) is 6.04 Å². The molecule has 0 fully saturated rings. The Balaban J connectivity index is 3.19. The number of aromatic nitrogens is 1. The van der Waals surface area contributed by atoms with E-state index in [9.17, 15) is 8.42 Å². The minimum atomic E-state index is -3.22. The summed E-state index contributed by atoms with van der Waals surface area (Å²) in [6, 6.07) is 4.63. The summed E-state index contributed by atoms with van der Waals surface area (Å²) in [5, 5.41) is 0.106. The van der Waals surface area contributed by atoms with Gasteiger partial charge in [0.05, 0.1) is 11.4 Å². The van der Waals surface area contributed by atoms with Crippen LogP contribution in [-0.4, -0.2) is 19.2 Å². The molecule has 1 rings (SSSR count). The van der Waals surface area contributed by atoms with Gasteiger partial charge in [-0.3, -0.25) is 0 Å². The second-order valence-corrected chi connectivity index (χ2v) is 5.32. The van der Waals surface area contributed by atoms with Gasteiger partial charge in [-0.15, -0.1) is 0 Å². The van der Waals surface area contributed by atoms with E-state index < -0.39 is 9.84 Å². The van der Waals surface area contributed by atoms with E-state index in [-0.39, 0.29) is 16.8 Å². The number of nitrogens with two attached hydrogens (primary N) is 1. The highest BCUT2D eigenvalue weighted by molar-refractivity contribution is 7.91. The van der Waals surface area contributed by atoms with Gasteiger partial charge in [0.25, 0.3) is 0 Å². The minimum absolute atomic E-state index is 0.0579. The Morgan fingerprint density at radius 1 is 1.50 bits per heavy atom. The third-order valence-electron chi connectivity index (χ3n) is 1.91. The van der Waals surface area contributed by atoms with Gasteiger partial charge in [-0.1, -0.05) is 13.0 Å². The van der Waals surface area contributed by atoms with Crippen molar-refractivity contribution >= 4 is 9.84 Å². The SMILES string of the molecule is CCS(=O)(=O)c1cccc([C@H](C)N)n1. The fraction of sp³-hybridized carbons (Fsp3) is 0.444. The maximum atomic E-state index is 11.5. The lowest BCUT2D eigenvalue weighted by Crippen LogP contribution is -2.12. The molecule has 0 aliphatic rings. The average molecular weight is 214 g/mol. The normalized spacial score (nSPS) is 13.9. The van der Waals surface area contributed by atoms with E-state index in [4.69, 9.17) is 5.73 Å². The standard InChI is InChI=1S/C9H14N2O2S/c1-3-14(12,13)9-6-4-5-8(11-9)7(2)10/h4-7H,3,10H2,1-2H3/t7-/m0/s1. The number of pyridine rings is 1. The first-order chi connectivity index (χ1) is 6.47.